The van der Waals surface area contributed by atoms with Gasteiger partial charge in [-0.05, 0) is 55.0 Å². The maximum absolute atomic E-state index is 12.3. The number of hydrazine groups is 1. The Morgan fingerprint density at radius 1 is 0.964 bits per heavy atom. The van der Waals surface area contributed by atoms with Crippen molar-refractivity contribution in [2.24, 2.45) is 0 Å². The lowest BCUT2D eigenvalue weighted by Gasteiger charge is -2.14. The first-order valence-corrected chi connectivity index (χ1v) is 9.31. The van der Waals surface area contributed by atoms with Crippen LogP contribution in [0.15, 0.2) is 48.5 Å². The fraction of sp³-hybridized carbons (Fsp3) is 0.158. The molecule has 3 rings (SSSR count). The lowest BCUT2D eigenvalue weighted by Crippen LogP contribution is -2.44. The summed E-state index contributed by atoms with van der Waals surface area (Å²) in [4.78, 5) is 37.6. The first kappa shape index (κ1) is 19.8. The number of benzene rings is 2. The molecule has 144 valence electrons. The molecular weight excluding hydrogens is 400 g/mol. The molecule has 0 aliphatic carbocycles. The summed E-state index contributed by atoms with van der Waals surface area (Å²) in [5.74, 6) is -0.961. The van der Waals surface area contributed by atoms with Crippen molar-refractivity contribution in [1.82, 2.24) is 15.8 Å². The van der Waals surface area contributed by atoms with Gasteiger partial charge in [-0.2, -0.15) is 0 Å². The van der Waals surface area contributed by atoms with Gasteiger partial charge in [-0.15, -0.1) is 0 Å². The van der Waals surface area contributed by atoms with Gasteiger partial charge < -0.3 is 5.32 Å². The molecule has 3 N–H and O–H groups in total. The zero-order chi connectivity index (χ0) is 20.1. The predicted octanol–water partition coefficient (Wildman–Crippen LogP) is 2.73. The topological polar surface area (TPSA) is 90.5 Å². The highest BCUT2D eigenvalue weighted by Crippen LogP contribution is 2.22. The van der Waals surface area contributed by atoms with Crippen LogP contribution in [0.3, 0.4) is 0 Å². The lowest BCUT2D eigenvalue weighted by atomic mass is 10.1. The summed E-state index contributed by atoms with van der Waals surface area (Å²) in [5.41, 5.74) is 6.59. The fourth-order valence-corrected chi connectivity index (χ4v) is 3.02. The third kappa shape index (κ3) is 4.65. The van der Waals surface area contributed by atoms with Crippen LogP contribution in [0.4, 0.5) is 5.69 Å². The number of imide groups is 1. The van der Waals surface area contributed by atoms with Crippen molar-refractivity contribution in [2.75, 3.05) is 11.9 Å². The second-order valence-corrected chi connectivity index (χ2v) is 6.89. The summed E-state index contributed by atoms with van der Waals surface area (Å²) < 4.78 is 0. The van der Waals surface area contributed by atoms with Gasteiger partial charge in [0.1, 0.15) is 0 Å². The summed E-state index contributed by atoms with van der Waals surface area (Å²) in [6.45, 7) is 0.174. The molecular formula is C19H17ClN4O3S. The third-order valence-corrected chi connectivity index (χ3v) is 4.54. The van der Waals surface area contributed by atoms with Crippen molar-refractivity contribution in [3.8, 4) is 0 Å². The van der Waals surface area contributed by atoms with Crippen molar-refractivity contribution in [2.45, 2.75) is 12.8 Å². The van der Waals surface area contributed by atoms with Gasteiger partial charge in [0.25, 0.3) is 11.8 Å². The van der Waals surface area contributed by atoms with E-state index in [1.54, 1.807) is 48.5 Å². The Morgan fingerprint density at radius 2 is 1.57 bits per heavy atom. The van der Waals surface area contributed by atoms with Gasteiger partial charge in [0.15, 0.2) is 5.11 Å². The maximum Gasteiger partial charge on any atom is 0.261 e. The van der Waals surface area contributed by atoms with Crippen LogP contribution in [-0.4, -0.2) is 34.3 Å². The van der Waals surface area contributed by atoms with E-state index >= 15 is 0 Å². The highest BCUT2D eigenvalue weighted by atomic mass is 35.5. The summed E-state index contributed by atoms with van der Waals surface area (Å²) in [7, 11) is 0. The lowest BCUT2D eigenvalue weighted by molar-refractivity contribution is -0.121. The second-order valence-electron chi connectivity index (χ2n) is 6.05. The van der Waals surface area contributed by atoms with Crippen molar-refractivity contribution in [3.05, 3.63) is 64.7 Å². The first-order valence-electron chi connectivity index (χ1n) is 8.52. The molecule has 0 radical (unpaired) electrons. The molecule has 7 nitrogen and oxygen atoms in total. The van der Waals surface area contributed by atoms with Gasteiger partial charge in [-0.3, -0.25) is 30.1 Å². The number of amides is 3. The number of carbonyl (C=O) groups is 3. The number of thiocarbonyl (C=S) groups is 1. The zero-order valence-corrected chi connectivity index (χ0v) is 16.3. The number of nitrogens with zero attached hydrogens (tertiary/aromatic N) is 1. The van der Waals surface area contributed by atoms with Crippen LogP contribution in [0.25, 0.3) is 0 Å². The van der Waals surface area contributed by atoms with Gasteiger partial charge in [-0.25, -0.2) is 0 Å². The van der Waals surface area contributed by atoms with Crippen LogP contribution in [0.1, 0.15) is 33.6 Å². The summed E-state index contributed by atoms with van der Waals surface area (Å²) in [6.07, 6.45) is 0.473. The van der Waals surface area contributed by atoms with E-state index in [0.717, 1.165) is 10.6 Å². The summed E-state index contributed by atoms with van der Waals surface area (Å²) >= 11 is 10.9. The molecule has 1 aliphatic heterocycles. The van der Waals surface area contributed by atoms with Crippen LogP contribution in [0.2, 0.25) is 5.02 Å². The highest BCUT2D eigenvalue weighted by Gasteiger charge is 2.34. The van der Waals surface area contributed by atoms with E-state index in [4.69, 9.17) is 23.8 Å². The number of carbonyl (C=O) groups excluding carboxylic acids is 3. The van der Waals surface area contributed by atoms with E-state index in [0.29, 0.717) is 22.6 Å². The Balaban J connectivity index is 1.39. The Bertz CT molecular complexity index is 898. The second kappa shape index (κ2) is 8.81. The fourth-order valence-electron chi connectivity index (χ4n) is 2.72. The number of fused-ring (bicyclic) bond motifs is 1. The minimum atomic E-state index is -0.326. The SMILES string of the molecule is O=C(CCCN1C(=O)c2ccccc2C1=O)NNC(=S)Nc1ccc(Cl)cc1. The van der Waals surface area contributed by atoms with Crippen LogP contribution in [-0.2, 0) is 4.79 Å². The molecule has 0 bridgehead atoms. The molecule has 0 aromatic heterocycles. The molecule has 0 atom stereocenters. The number of halogens is 1. The minimum Gasteiger partial charge on any atom is -0.331 e. The molecule has 0 saturated carbocycles. The molecule has 0 saturated heterocycles. The van der Waals surface area contributed by atoms with Gasteiger partial charge in [0.05, 0.1) is 11.1 Å². The van der Waals surface area contributed by atoms with Crippen molar-refractivity contribution < 1.29 is 14.4 Å². The molecule has 28 heavy (non-hydrogen) atoms. The normalized spacial score (nSPS) is 12.5. The number of rotatable bonds is 5. The van der Waals surface area contributed by atoms with E-state index in [-0.39, 0.29) is 35.8 Å². The number of nitrogens with one attached hydrogen (secondary N) is 3. The van der Waals surface area contributed by atoms with E-state index in [1.165, 1.54) is 0 Å². The van der Waals surface area contributed by atoms with Gasteiger partial charge in [-0.1, -0.05) is 23.7 Å². The highest BCUT2D eigenvalue weighted by molar-refractivity contribution is 7.80. The van der Waals surface area contributed by atoms with Crippen LogP contribution >= 0.6 is 23.8 Å². The Morgan fingerprint density at radius 3 is 2.18 bits per heavy atom. The van der Waals surface area contributed by atoms with E-state index < -0.39 is 0 Å². The number of hydrogen-bond acceptors (Lipinski definition) is 4. The largest absolute Gasteiger partial charge is 0.331 e. The maximum atomic E-state index is 12.3. The van der Waals surface area contributed by atoms with Crippen molar-refractivity contribution >= 4 is 52.3 Å². The van der Waals surface area contributed by atoms with E-state index in [1.807, 2.05) is 0 Å². The van der Waals surface area contributed by atoms with Crippen molar-refractivity contribution in [3.63, 3.8) is 0 Å². The van der Waals surface area contributed by atoms with Crippen LogP contribution < -0.4 is 16.2 Å². The van der Waals surface area contributed by atoms with Crippen LogP contribution in [0, 0.1) is 0 Å². The summed E-state index contributed by atoms with van der Waals surface area (Å²) in [5, 5.41) is 3.72. The van der Waals surface area contributed by atoms with Gasteiger partial charge >= 0.3 is 0 Å². The number of anilines is 1. The Labute approximate surface area is 172 Å². The first-order chi connectivity index (χ1) is 13.5. The average Bonchev–Trinajstić information content (AvgIpc) is 2.93. The smallest absolute Gasteiger partial charge is 0.261 e. The molecule has 3 amide bonds. The predicted molar refractivity (Wildman–Crippen MR) is 110 cm³/mol. The van der Waals surface area contributed by atoms with E-state index in [9.17, 15) is 14.4 Å². The van der Waals surface area contributed by atoms with Gasteiger partial charge in [0, 0.05) is 23.7 Å². The standard InChI is InChI=1S/C19H17ClN4O3S/c20-12-7-9-13(10-8-12)21-19(28)23-22-16(25)6-3-11-24-17(26)14-4-1-2-5-15(14)18(24)27/h1-2,4-5,7-10H,3,6,11H2,(H,22,25)(H2,21,23,28). The molecule has 1 heterocycles. The summed E-state index contributed by atoms with van der Waals surface area (Å²) in [6, 6.07) is 13.6. The van der Waals surface area contributed by atoms with E-state index in [2.05, 4.69) is 16.2 Å². The molecule has 2 aromatic carbocycles. The third-order valence-electron chi connectivity index (χ3n) is 4.08. The monoisotopic (exact) mass is 416 g/mol. The molecule has 2 aromatic rings. The van der Waals surface area contributed by atoms with Crippen molar-refractivity contribution in [1.29, 1.82) is 0 Å². The minimum absolute atomic E-state index is 0.129. The molecule has 0 unspecified atom stereocenters. The average molecular weight is 417 g/mol. The molecule has 0 spiro atoms. The Kier molecular flexibility index (Phi) is 6.23. The molecule has 1 aliphatic rings. The Hall–Kier alpha value is -2.97. The van der Waals surface area contributed by atoms with Gasteiger partial charge in [0.2, 0.25) is 5.91 Å². The van der Waals surface area contributed by atoms with Crippen LogP contribution in [0.5, 0.6) is 0 Å². The zero-order valence-electron chi connectivity index (χ0n) is 14.7. The quantitative estimate of drug-likeness (QED) is 0.394. The molecule has 0 fully saturated rings. The molecule has 9 heteroatoms. The number of hydrogen-bond donors (Lipinski definition) is 3.